The Balaban J connectivity index is 1.47. The molecule has 39 heavy (non-hydrogen) atoms. The third-order valence-electron chi connectivity index (χ3n) is 6.42. The van der Waals surface area contributed by atoms with Crippen molar-refractivity contribution in [2.45, 2.75) is 32.4 Å². The number of methoxy groups -OCH3 is 1. The second kappa shape index (κ2) is 12.3. The molecule has 1 aliphatic heterocycles. The summed E-state index contributed by atoms with van der Waals surface area (Å²) in [6.45, 7) is 2.94. The summed E-state index contributed by atoms with van der Waals surface area (Å²) in [5.74, 6) is -1.90. The van der Waals surface area contributed by atoms with Crippen molar-refractivity contribution in [3.05, 3.63) is 101 Å². The van der Waals surface area contributed by atoms with Crippen molar-refractivity contribution in [3.63, 3.8) is 0 Å². The number of carbonyl (C=O) groups is 3. The normalized spacial score (nSPS) is 15.5. The van der Waals surface area contributed by atoms with Crippen LogP contribution in [0.3, 0.4) is 0 Å². The molecule has 8 nitrogen and oxygen atoms in total. The van der Waals surface area contributed by atoms with E-state index in [1.807, 2.05) is 54.6 Å². The average Bonchev–Trinajstić information content (AvgIpc) is 3.41. The second-order valence-electron chi connectivity index (χ2n) is 9.45. The Bertz CT molecular complexity index is 1340. The number of hydrogen-bond donors (Lipinski definition) is 1. The van der Waals surface area contributed by atoms with Crippen LogP contribution < -0.4 is 10.1 Å². The Morgan fingerprint density at radius 3 is 2.28 bits per heavy atom. The standard InChI is InChI=1S/C30H30FN3O5/c1-19(2)28(32-29(36)22-9-13-23(31)14-10-22)30(37)39-18-27(35)34-26(21-11-15-24(38-3)16-12-21)17-25(33-34)20-7-5-4-6-8-20/h4-16,19,26,28H,17-18H2,1-3H3,(H,32,36). The lowest BCUT2D eigenvalue weighted by Gasteiger charge is -2.24. The van der Waals surface area contributed by atoms with Gasteiger partial charge in [0.1, 0.15) is 17.6 Å². The first-order valence-electron chi connectivity index (χ1n) is 12.6. The third kappa shape index (κ3) is 6.67. The molecule has 1 heterocycles. The molecule has 0 saturated carbocycles. The summed E-state index contributed by atoms with van der Waals surface area (Å²) in [7, 11) is 1.58. The fourth-order valence-electron chi connectivity index (χ4n) is 4.24. The van der Waals surface area contributed by atoms with Crippen LogP contribution in [-0.2, 0) is 14.3 Å². The third-order valence-corrected chi connectivity index (χ3v) is 6.42. The molecule has 202 valence electrons. The minimum absolute atomic E-state index is 0.202. The van der Waals surface area contributed by atoms with Crippen molar-refractivity contribution in [2.75, 3.05) is 13.7 Å². The highest BCUT2D eigenvalue weighted by atomic mass is 19.1. The van der Waals surface area contributed by atoms with Gasteiger partial charge in [-0.25, -0.2) is 14.2 Å². The highest BCUT2D eigenvalue weighted by Gasteiger charge is 2.34. The lowest BCUT2D eigenvalue weighted by atomic mass is 9.98. The van der Waals surface area contributed by atoms with Gasteiger partial charge in [-0.3, -0.25) is 9.59 Å². The first-order chi connectivity index (χ1) is 18.8. The first-order valence-corrected chi connectivity index (χ1v) is 12.6. The summed E-state index contributed by atoms with van der Waals surface area (Å²) in [4.78, 5) is 38.8. The molecule has 3 aromatic carbocycles. The Hall–Kier alpha value is -4.53. The Labute approximate surface area is 226 Å². The number of ether oxygens (including phenoxy) is 2. The van der Waals surface area contributed by atoms with Gasteiger partial charge in [0, 0.05) is 12.0 Å². The molecule has 1 N–H and O–H groups in total. The van der Waals surface area contributed by atoms with Gasteiger partial charge >= 0.3 is 5.97 Å². The van der Waals surface area contributed by atoms with E-state index in [4.69, 9.17) is 9.47 Å². The summed E-state index contributed by atoms with van der Waals surface area (Å²) >= 11 is 0. The zero-order valence-corrected chi connectivity index (χ0v) is 22.0. The smallest absolute Gasteiger partial charge is 0.329 e. The van der Waals surface area contributed by atoms with Crippen LogP contribution in [0.5, 0.6) is 5.75 Å². The Morgan fingerprint density at radius 1 is 1.00 bits per heavy atom. The summed E-state index contributed by atoms with van der Waals surface area (Å²) in [5, 5.41) is 8.55. The number of halogens is 1. The molecule has 0 aliphatic carbocycles. The zero-order chi connectivity index (χ0) is 27.9. The molecular formula is C30H30FN3O5. The molecule has 0 radical (unpaired) electrons. The van der Waals surface area contributed by atoms with E-state index in [-0.39, 0.29) is 11.5 Å². The number of nitrogens with zero attached hydrogens (tertiary/aromatic N) is 2. The topological polar surface area (TPSA) is 97.3 Å². The van der Waals surface area contributed by atoms with Crippen molar-refractivity contribution in [2.24, 2.45) is 11.0 Å². The van der Waals surface area contributed by atoms with E-state index in [1.165, 1.54) is 17.1 Å². The summed E-state index contributed by atoms with van der Waals surface area (Å²) < 4.78 is 23.8. The fourth-order valence-corrected chi connectivity index (χ4v) is 4.24. The van der Waals surface area contributed by atoms with E-state index >= 15 is 0 Å². The van der Waals surface area contributed by atoms with E-state index in [0.29, 0.717) is 12.2 Å². The van der Waals surface area contributed by atoms with Crippen LogP contribution in [0, 0.1) is 11.7 Å². The quantitative estimate of drug-likeness (QED) is 0.410. The first kappa shape index (κ1) is 27.5. The SMILES string of the molecule is COc1ccc(C2CC(c3ccccc3)=NN2C(=O)COC(=O)C(NC(=O)c2ccc(F)cc2)C(C)C)cc1. The highest BCUT2D eigenvalue weighted by molar-refractivity contribution is 6.03. The number of carbonyl (C=O) groups excluding carboxylic acids is 3. The van der Waals surface area contributed by atoms with Crippen molar-refractivity contribution < 1.29 is 28.2 Å². The Morgan fingerprint density at radius 2 is 1.67 bits per heavy atom. The summed E-state index contributed by atoms with van der Waals surface area (Å²) in [5.41, 5.74) is 2.69. The number of hydrazone groups is 1. The molecule has 0 spiro atoms. The molecule has 0 saturated heterocycles. The molecule has 0 bridgehead atoms. The zero-order valence-electron chi connectivity index (χ0n) is 22.0. The van der Waals surface area contributed by atoms with Gasteiger partial charge in [-0.1, -0.05) is 56.3 Å². The largest absolute Gasteiger partial charge is 0.497 e. The molecule has 1 aliphatic rings. The van der Waals surface area contributed by atoms with Crippen LogP contribution in [-0.4, -0.2) is 48.3 Å². The Kier molecular flexibility index (Phi) is 8.70. The van der Waals surface area contributed by atoms with E-state index in [0.717, 1.165) is 29.0 Å². The van der Waals surface area contributed by atoms with E-state index in [1.54, 1.807) is 21.0 Å². The molecule has 4 rings (SSSR count). The molecule has 3 aromatic rings. The lowest BCUT2D eigenvalue weighted by molar-refractivity contribution is -0.155. The van der Waals surface area contributed by atoms with Crippen molar-refractivity contribution in [1.29, 1.82) is 0 Å². The number of nitrogens with one attached hydrogen (secondary N) is 1. The lowest BCUT2D eigenvalue weighted by Crippen LogP contribution is -2.46. The summed E-state index contributed by atoms with van der Waals surface area (Å²) in [6.07, 6.45) is 0.484. The molecule has 0 fully saturated rings. The summed E-state index contributed by atoms with van der Waals surface area (Å²) in [6, 6.07) is 20.5. The van der Waals surface area contributed by atoms with Gasteiger partial charge in [0.05, 0.1) is 18.9 Å². The number of rotatable bonds is 9. The predicted molar refractivity (Wildman–Crippen MR) is 144 cm³/mol. The maximum absolute atomic E-state index is 13.3. The fraction of sp³-hybridized carbons (Fsp3) is 0.267. The van der Waals surface area contributed by atoms with Crippen LogP contribution in [0.25, 0.3) is 0 Å². The number of esters is 1. The minimum atomic E-state index is -1.00. The van der Waals surface area contributed by atoms with Gasteiger partial charge in [-0.05, 0) is 53.4 Å². The predicted octanol–water partition coefficient (Wildman–Crippen LogP) is 4.51. The van der Waals surface area contributed by atoms with Crippen molar-refractivity contribution in [1.82, 2.24) is 10.3 Å². The van der Waals surface area contributed by atoms with Crippen LogP contribution in [0.4, 0.5) is 4.39 Å². The van der Waals surface area contributed by atoms with Gasteiger partial charge < -0.3 is 14.8 Å². The van der Waals surface area contributed by atoms with Gasteiger partial charge in [0.2, 0.25) is 0 Å². The van der Waals surface area contributed by atoms with E-state index < -0.39 is 42.3 Å². The second-order valence-corrected chi connectivity index (χ2v) is 9.45. The van der Waals surface area contributed by atoms with E-state index in [9.17, 15) is 18.8 Å². The van der Waals surface area contributed by atoms with Crippen LogP contribution >= 0.6 is 0 Å². The van der Waals surface area contributed by atoms with Gasteiger partial charge in [0.25, 0.3) is 11.8 Å². The van der Waals surface area contributed by atoms with Gasteiger partial charge in [-0.2, -0.15) is 5.10 Å². The van der Waals surface area contributed by atoms with Crippen LogP contribution in [0.2, 0.25) is 0 Å². The molecule has 9 heteroatoms. The molecule has 2 unspecified atom stereocenters. The molecule has 2 atom stereocenters. The maximum Gasteiger partial charge on any atom is 0.329 e. The van der Waals surface area contributed by atoms with Crippen molar-refractivity contribution >= 4 is 23.5 Å². The van der Waals surface area contributed by atoms with Crippen LogP contribution in [0.15, 0.2) is 84.0 Å². The number of hydrogen-bond acceptors (Lipinski definition) is 6. The monoisotopic (exact) mass is 531 g/mol. The van der Waals surface area contributed by atoms with Crippen molar-refractivity contribution in [3.8, 4) is 5.75 Å². The number of benzene rings is 3. The molecule has 0 aromatic heterocycles. The maximum atomic E-state index is 13.3. The highest BCUT2D eigenvalue weighted by Crippen LogP contribution is 2.33. The van der Waals surface area contributed by atoms with Gasteiger partial charge in [-0.15, -0.1) is 0 Å². The number of amides is 2. The minimum Gasteiger partial charge on any atom is -0.497 e. The average molecular weight is 532 g/mol. The van der Waals surface area contributed by atoms with Crippen LogP contribution in [0.1, 0.15) is 47.8 Å². The van der Waals surface area contributed by atoms with E-state index in [2.05, 4.69) is 10.4 Å². The van der Waals surface area contributed by atoms with Gasteiger partial charge in [0.15, 0.2) is 6.61 Å². The molecule has 2 amide bonds. The molecular weight excluding hydrogens is 501 g/mol.